The molecule has 2 nitrogen and oxygen atoms in total. The summed E-state index contributed by atoms with van der Waals surface area (Å²) in [6.45, 7) is 2.17. The van der Waals surface area contributed by atoms with Gasteiger partial charge in [-0.25, -0.2) is 0 Å². The van der Waals surface area contributed by atoms with Gasteiger partial charge in [-0.05, 0) is 42.2 Å². The van der Waals surface area contributed by atoms with Crippen molar-refractivity contribution in [2.24, 2.45) is 5.92 Å². The molecule has 0 spiro atoms. The molecule has 4 rings (SSSR count). The molecule has 0 aliphatic heterocycles. The van der Waals surface area contributed by atoms with E-state index in [1.165, 1.54) is 17.8 Å². The van der Waals surface area contributed by atoms with Gasteiger partial charge in [0.25, 0.3) is 0 Å². The molecule has 20 heavy (non-hydrogen) atoms. The number of aryl methyl sites for hydroxylation is 1. The van der Waals surface area contributed by atoms with Crippen molar-refractivity contribution in [2.45, 2.75) is 42.8 Å². The van der Waals surface area contributed by atoms with Crippen LogP contribution < -0.4 is 0 Å². The van der Waals surface area contributed by atoms with Gasteiger partial charge in [0.05, 0.1) is 4.83 Å². The third-order valence-electron chi connectivity index (χ3n) is 4.70. The average Bonchev–Trinajstić information content (AvgIpc) is 3.04. The van der Waals surface area contributed by atoms with Gasteiger partial charge in [0.2, 0.25) is 0 Å². The second-order valence-electron chi connectivity index (χ2n) is 5.81. The maximum atomic E-state index is 4.48. The lowest BCUT2D eigenvalue weighted by molar-refractivity contribution is 0.658. The van der Waals surface area contributed by atoms with Crippen LogP contribution in [0.5, 0.6) is 0 Å². The molecule has 0 bridgehead atoms. The number of aromatic nitrogens is 2. The van der Waals surface area contributed by atoms with E-state index in [2.05, 4.69) is 57.3 Å². The van der Waals surface area contributed by atoms with Crippen LogP contribution in [0.1, 0.15) is 57.6 Å². The first-order valence-electron chi connectivity index (χ1n) is 7.34. The van der Waals surface area contributed by atoms with Crippen LogP contribution in [0.3, 0.4) is 0 Å². The normalized spacial score (nSPS) is 28.6. The van der Waals surface area contributed by atoms with E-state index in [4.69, 9.17) is 0 Å². The Hall–Kier alpha value is -0.740. The summed E-state index contributed by atoms with van der Waals surface area (Å²) in [5.41, 5.74) is 3.12. The van der Waals surface area contributed by atoms with Gasteiger partial charge in [-0.2, -0.15) is 0 Å². The first kappa shape index (κ1) is 13.0. The molecule has 2 aromatic rings. The lowest BCUT2D eigenvalue weighted by Gasteiger charge is -2.13. The zero-order valence-electron chi connectivity index (χ0n) is 11.4. The van der Waals surface area contributed by atoms with Crippen LogP contribution in [0.25, 0.3) is 0 Å². The van der Waals surface area contributed by atoms with Gasteiger partial charge in [-0.15, -0.1) is 10.2 Å². The number of fused-ring (bicyclic) bond motifs is 3. The number of rotatable bonds is 3. The Morgan fingerprint density at radius 1 is 1.30 bits per heavy atom. The van der Waals surface area contributed by atoms with Crippen molar-refractivity contribution >= 4 is 27.3 Å². The fourth-order valence-electron chi connectivity index (χ4n) is 3.59. The number of benzene rings is 1. The molecule has 0 amide bonds. The third kappa shape index (κ3) is 1.96. The topological polar surface area (TPSA) is 25.8 Å². The van der Waals surface area contributed by atoms with Crippen molar-refractivity contribution in [3.05, 3.63) is 45.4 Å². The molecule has 4 atom stereocenters. The summed E-state index contributed by atoms with van der Waals surface area (Å²) in [4.78, 5) is 0.363. The SMILES string of the molecule is CCC(Br)c1nnc(C2C3CCc4ccccc4C32)s1. The Morgan fingerprint density at radius 3 is 3.00 bits per heavy atom. The van der Waals surface area contributed by atoms with Crippen molar-refractivity contribution in [1.82, 2.24) is 10.2 Å². The number of halogens is 1. The second-order valence-corrected chi connectivity index (χ2v) is 7.95. The van der Waals surface area contributed by atoms with E-state index in [1.807, 2.05) is 11.3 Å². The zero-order chi connectivity index (χ0) is 13.7. The average molecular weight is 349 g/mol. The second kappa shape index (κ2) is 4.92. The Balaban J connectivity index is 1.62. The maximum absolute atomic E-state index is 4.48. The molecule has 4 heteroatoms. The lowest BCUT2D eigenvalue weighted by Crippen LogP contribution is -2.00. The first-order chi connectivity index (χ1) is 9.79. The molecule has 2 aliphatic carbocycles. The summed E-state index contributed by atoms with van der Waals surface area (Å²) in [6, 6.07) is 8.94. The van der Waals surface area contributed by atoms with Crippen molar-refractivity contribution in [3.63, 3.8) is 0 Å². The molecule has 1 saturated carbocycles. The summed E-state index contributed by atoms with van der Waals surface area (Å²) in [5, 5.41) is 11.3. The minimum absolute atomic E-state index is 0.363. The maximum Gasteiger partial charge on any atom is 0.131 e. The fourth-order valence-corrected chi connectivity index (χ4v) is 5.09. The van der Waals surface area contributed by atoms with E-state index in [-0.39, 0.29) is 0 Å². The molecule has 2 aliphatic rings. The highest BCUT2D eigenvalue weighted by atomic mass is 79.9. The van der Waals surface area contributed by atoms with Gasteiger partial charge in [0, 0.05) is 5.92 Å². The first-order valence-corrected chi connectivity index (χ1v) is 9.08. The van der Waals surface area contributed by atoms with Gasteiger partial charge < -0.3 is 0 Å². The minimum atomic E-state index is 0.363. The van der Waals surface area contributed by atoms with E-state index in [0.29, 0.717) is 16.7 Å². The summed E-state index contributed by atoms with van der Waals surface area (Å²) >= 11 is 5.49. The van der Waals surface area contributed by atoms with Crippen LogP contribution >= 0.6 is 27.3 Å². The largest absolute Gasteiger partial charge is 0.143 e. The highest BCUT2D eigenvalue weighted by Crippen LogP contribution is 2.65. The van der Waals surface area contributed by atoms with Crippen LogP contribution in [0.15, 0.2) is 24.3 Å². The molecule has 1 fully saturated rings. The van der Waals surface area contributed by atoms with Gasteiger partial charge in [0.15, 0.2) is 0 Å². The number of hydrogen-bond acceptors (Lipinski definition) is 3. The monoisotopic (exact) mass is 348 g/mol. The predicted molar refractivity (Wildman–Crippen MR) is 85.6 cm³/mol. The summed E-state index contributed by atoms with van der Waals surface area (Å²) < 4.78 is 0. The van der Waals surface area contributed by atoms with Crippen LogP contribution in [-0.2, 0) is 6.42 Å². The van der Waals surface area contributed by atoms with Crippen LogP contribution in [0, 0.1) is 5.92 Å². The number of hydrogen-bond donors (Lipinski definition) is 0. The molecule has 0 saturated heterocycles. The third-order valence-corrected chi connectivity index (χ3v) is 7.22. The zero-order valence-corrected chi connectivity index (χ0v) is 13.8. The molecular weight excluding hydrogens is 332 g/mol. The van der Waals surface area contributed by atoms with E-state index in [1.54, 1.807) is 11.1 Å². The standard InChI is InChI=1S/C16H17BrN2S/c1-2-12(17)15-18-19-16(20-15)14-11-8-7-9-5-3-4-6-10(9)13(11)14/h3-6,11-14H,2,7-8H2,1H3. The quantitative estimate of drug-likeness (QED) is 0.742. The van der Waals surface area contributed by atoms with E-state index < -0.39 is 0 Å². The lowest BCUT2D eigenvalue weighted by atomic mass is 9.92. The fraction of sp³-hybridized carbons (Fsp3) is 0.500. The van der Waals surface area contributed by atoms with Gasteiger partial charge >= 0.3 is 0 Å². The molecule has 104 valence electrons. The van der Waals surface area contributed by atoms with Crippen LogP contribution in [0.4, 0.5) is 0 Å². The van der Waals surface area contributed by atoms with Crippen molar-refractivity contribution < 1.29 is 0 Å². The molecule has 1 heterocycles. The molecule has 1 aromatic carbocycles. The molecule has 0 radical (unpaired) electrons. The highest BCUT2D eigenvalue weighted by Gasteiger charge is 2.55. The number of alkyl halides is 1. The Labute approximate surface area is 131 Å². The Morgan fingerprint density at radius 2 is 2.15 bits per heavy atom. The summed E-state index contributed by atoms with van der Waals surface area (Å²) in [5.74, 6) is 2.14. The van der Waals surface area contributed by atoms with Gasteiger partial charge in [0.1, 0.15) is 10.0 Å². The molecular formula is C16H17BrN2S. The number of nitrogens with zero attached hydrogens (tertiary/aromatic N) is 2. The van der Waals surface area contributed by atoms with Crippen molar-refractivity contribution in [2.75, 3.05) is 0 Å². The highest BCUT2D eigenvalue weighted by molar-refractivity contribution is 9.09. The molecule has 4 unspecified atom stereocenters. The van der Waals surface area contributed by atoms with Gasteiger partial charge in [-0.1, -0.05) is 58.5 Å². The van der Waals surface area contributed by atoms with Crippen molar-refractivity contribution in [3.8, 4) is 0 Å². The summed E-state index contributed by atoms with van der Waals surface area (Å²) in [6.07, 6.45) is 3.61. The summed E-state index contributed by atoms with van der Waals surface area (Å²) in [7, 11) is 0. The molecule has 0 N–H and O–H groups in total. The van der Waals surface area contributed by atoms with E-state index >= 15 is 0 Å². The van der Waals surface area contributed by atoms with Crippen LogP contribution in [0.2, 0.25) is 0 Å². The van der Waals surface area contributed by atoms with Crippen molar-refractivity contribution in [1.29, 1.82) is 0 Å². The van der Waals surface area contributed by atoms with E-state index in [0.717, 1.165) is 17.3 Å². The smallest absolute Gasteiger partial charge is 0.131 e. The predicted octanol–water partition coefficient (Wildman–Crippen LogP) is 4.83. The van der Waals surface area contributed by atoms with Gasteiger partial charge in [-0.3, -0.25) is 0 Å². The minimum Gasteiger partial charge on any atom is -0.143 e. The Bertz CT molecular complexity index is 639. The van der Waals surface area contributed by atoms with E-state index in [9.17, 15) is 0 Å². The molecule has 1 aromatic heterocycles. The Kier molecular flexibility index (Phi) is 3.19. The van der Waals surface area contributed by atoms with Crippen LogP contribution in [-0.4, -0.2) is 10.2 Å².